The molecule has 0 radical (unpaired) electrons. The summed E-state index contributed by atoms with van der Waals surface area (Å²) in [4.78, 5) is 0. The van der Waals surface area contributed by atoms with E-state index in [1.807, 2.05) is 0 Å². The molecular weight excluding hydrogens is 359 g/mol. The van der Waals surface area contributed by atoms with Crippen LogP contribution in [0.5, 0.6) is 0 Å². The minimum atomic E-state index is -2.05. The highest BCUT2D eigenvalue weighted by molar-refractivity contribution is 8.01. The number of ether oxygens (including phenoxy) is 1. The molecule has 0 heterocycles. The van der Waals surface area contributed by atoms with Gasteiger partial charge in [0.15, 0.2) is 0 Å². The molecule has 0 N–H and O–H groups in total. The fraction of sp³-hybridized carbons (Fsp3) is 0.0769. The molecule has 0 saturated carbocycles. The number of methoxy groups -OCH3 is 1. The van der Waals surface area contributed by atoms with Crippen molar-refractivity contribution < 1.29 is 4.74 Å². The molecule has 28 heavy (non-hydrogen) atoms. The SMILES string of the molecule is COCc1ccccc1[P+](c1ccccc1)(c1ccccc1)c1ccccc1. The largest absolute Gasteiger partial charge is 0.380 e. The first-order valence-corrected chi connectivity index (χ1v) is 11.3. The van der Waals surface area contributed by atoms with Gasteiger partial charge in [-0.2, -0.15) is 0 Å². The van der Waals surface area contributed by atoms with E-state index in [4.69, 9.17) is 4.74 Å². The van der Waals surface area contributed by atoms with Gasteiger partial charge in [-0.05, 0) is 42.5 Å². The van der Waals surface area contributed by atoms with E-state index in [1.165, 1.54) is 26.8 Å². The van der Waals surface area contributed by atoms with E-state index in [0.717, 1.165) is 0 Å². The van der Waals surface area contributed by atoms with Gasteiger partial charge in [-0.1, -0.05) is 72.8 Å². The molecule has 0 atom stereocenters. The molecule has 0 aliphatic rings. The van der Waals surface area contributed by atoms with Crippen molar-refractivity contribution in [3.05, 3.63) is 121 Å². The summed E-state index contributed by atoms with van der Waals surface area (Å²) < 4.78 is 5.59. The van der Waals surface area contributed by atoms with E-state index in [-0.39, 0.29) is 0 Å². The van der Waals surface area contributed by atoms with Crippen LogP contribution in [0.15, 0.2) is 115 Å². The third-order valence-corrected chi connectivity index (χ3v) is 9.46. The zero-order chi connectivity index (χ0) is 19.2. The molecule has 2 heteroatoms. The predicted octanol–water partition coefficient (Wildman–Crippen LogP) is 4.45. The Bertz CT molecular complexity index is 917. The van der Waals surface area contributed by atoms with Crippen molar-refractivity contribution in [1.82, 2.24) is 0 Å². The second-order valence-corrected chi connectivity index (χ2v) is 10.1. The smallest absolute Gasteiger partial charge is 0.144 e. The Balaban J connectivity index is 2.14. The Morgan fingerprint density at radius 1 is 0.536 bits per heavy atom. The molecule has 0 spiro atoms. The highest BCUT2D eigenvalue weighted by atomic mass is 31.2. The zero-order valence-electron chi connectivity index (χ0n) is 16.0. The lowest BCUT2D eigenvalue weighted by Gasteiger charge is -2.29. The summed E-state index contributed by atoms with van der Waals surface area (Å²) in [5.41, 5.74) is 1.25. The van der Waals surface area contributed by atoms with Crippen LogP contribution in [0.3, 0.4) is 0 Å². The summed E-state index contributed by atoms with van der Waals surface area (Å²) in [5.74, 6) is 0. The van der Waals surface area contributed by atoms with Crippen LogP contribution in [0, 0.1) is 0 Å². The Morgan fingerprint density at radius 2 is 0.929 bits per heavy atom. The van der Waals surface area contributed by atoms with Crippen molar-refractivity contribution in [1.29, 1.82) is 0 Å². The van der Waals surface area contributed by atoms with Crippen LogP contribution in [0.1, 0.15) is 5.56 Å². The topological polar surface area (TPSA) is 9.23 Å². The predicted molar refractivity (Wildman–Crippen MR) is 122 cm³/mol. The molecule has 0 aliphatic carbocycles. The van der Waals surface area contributed by atoms with Gasteiger partial charge in [0.2, 0.25) is 0 Å². The summed E-state index contributed by atoms with van der Waals surface area (Å²) in [5, 5.41) is 5.43. The van der Waals surface area contributed by atoms with Gasteiger partial charge in [0.05, 0.1) is 6.61 Å². The molecule has 138 valence electrons. The van der Waals surface area contributed by atoms with E-state index in [1.54, 1.807) is 7.11 Å². The summed E-state index contributed by atoms with van der Waals surface area (Å²) >= 11 is 0. The van der Waals surface area contributed by atoms with Crippen LogP contribution in [0.25, 0.3) is 0 Å². The molecule has 0 unspecified atom stereocenters. The Morgan fingerprint density at radius 3 is 1.36 bits per heavy atom. The highest BCUT2D eigenvalue weighted by Gasteiger charge is 2.48. The van der Waals surface area contributed by atoms with Crippen LogP contribution >= 0.6 is 7.26 Å². The average molecular weight is 383 g/mol. The lowest BCUT2D eigenvalue weighted by atomic mass is 10.2. The summed E-state index contributed by atoms with van der Waals surface area (Å²) in [7, 11) is -0.285. The molecule has 0 amide bonds. The fourth-order valence-corrected chi connectivity index (χ4v) is 8.40. The monoisotopic (exact) mass is 383 g/mol. The maximum absolute atomic E-state index is 5.59. The van der Waals surface area contributed by atoms with Crippen molar-refractivity contribution in [2.45, 2.75) is 6.61 Å². The average Bonchev–Trinajstić information content (AvgIpc) is 2.78. The van der Waals surface area contributed by atoms with Crippen molar-refractivity contribution in [3.63, 3.8) is 0 Å². The van der Waals surface area contributed by atoms with Gasteiger partial charge >= 0.3 is 0 Å². The molecule has 0 aliphatic heterocycles. The third kappa shape index (κ3) is 3.29. The third-order valence-electron chi connectivity index (χ3n) is 5.08. The van der Waals surface area contributed by atoms with Crippen LogP contribution in [-0.4, -0.2) is 7.11 Å². The van der Waals surface area contributed by atoms with Gasteiger partial charge in [0.1, 0.15) is 28.5 Å². The van der Waals surface area contributed by atoms with E-state index in [0.29, 0.717) is 6.61 Å². The van der Waals surface area contributed by atoms with E-state index < -0.39 is 7.26 Å². The maximum Gasteiger partial charge on any atom is 0.144 e. The van der Waals surface area contributed by atoms with Gasteiger partial charge in [0.25, 0.3) is 0 Å². The second kappa shape index (κ2) is 8.52. The number of rotatable bonds is 6. The first kappa shape index (κ1) is 18.6. The Kier molecular flexibility index (Phi) is 5.67. The van der Waals surface area contributed by atoms with Gasteiger partial charge in [-0.25, -0.2) is 0 Å². The molecule has 4 rings (SSSR count). The first-order chi connectivity index (χ1) is 13.9. The first-order valence-electron chi connectivity index (χ1n) is 9.50. The normalized spacial score (nSPS) is 11.3. The Labute approximate surface area is 168 Å². The summed E-state index contributed by atoms with van der Waals surface area (Å²) in [6, 6.07) is 41.6. The molecule has 0 bridgehead atoms. The minimum Gasteiger partial charge on any atom is -0.380 e. The van der Waals surface area contributed by atoms with Crippen molar-refractivity contribution in [2.75, 3.05) is 7.11 Å². The summed E-state index contributed by atoms with van der Waals surface area (Å²) in [6.07, 6.45) is 0. The fourth-order valence-electron chi connectivity index (χ4n) is 3.93. The number of hydrogen-bond donors (Lipinski definition) is 0. The van der Waals surface area contributed by atoms with Gasteiger partial charge in [-0.3, -0.25) is 0 Å². The lowest BCUT2D eigenvalue weighted by Crippen LogP contribution is -2.40. The van der Waals surface area contributed by atoms with Crippen LogP contribution in [-0.2, 0) is 11.3 Å². The van der Waals surface area contributed by atoms with E-state index in [2.05, 4.69) is 115 Å². The second-order valence-electron chi connectivity index (χ2n) is 6.74. The lowest BCUT2D eigenvalue weighted by molar-refractivity contribution is 0.185. The minimum absolute atomic E-state index is 0.602. The van der Waals surface area contributed by atoms with Gasteiger partial charge in [-0.15, -0.1) is 0 Å². The Hall–Kier alpha value is -2.73. The molecule has 4 aromatic carbocycles. The molecule has 0 aromatic heterocycles. The standard InChI is InChI=1S/C26H24OP/c1-27-21-22-13-11-12-20-26(22)28(23-14-5-2-6-15-23,24-16-7-3-8-17-24)25-18-9-4-10-19-25/h2-20H,21H2,1H3/q+1. The number of hydrogen-bond acceptors (Lipinski definition) is 1. The van der Waals surface area contributed by atoms with Crippen LogP contribution in [0.4, 0.5) is 0 Å². The zero-order valence-corrected chi connectivity index (χ0v) is 16.9. The molecular formula is C26H24OP+. The molecule has 0 fully saturated rings. The van der Waals surface area contributed by atoms with Crippen molar-refractivity contribution >= 4 is 28.5 Å². The quantitative estimate of drug-likeness (QED) is 0.447. The molecule has 4 aromatic rings. The van der Waals surface area contributed by atoms with Crippen molar-refractivity contribution in [3.8, 4) is 0 Å². The van der Waals surface area contributed by atoms with Crippen molar-refractivity contribution in [2.24, 2.45) is 0 Å². The highest BCUT2D eigenvalue weighted by Crippen LogP contribution is 2.54. The maximum atomic E-state index is 5.59. The van der Waals surface area contributed by atoms with E-state index >= 15 is 0 Å². The van der Waals surface area contributed by atoms with Crippen LogP contribution < -0.4 is 21.2 Å². The summed E-state index contributed by atoms with van der Waals surface area (Å²) in [6.45, 7) is 0.602. The van der Waals surface area contributed by atoms with Crippen LogP contribution in [0.2, 0.25) is 0 Å². The molecule has 0 saturated heterocycles. The number of benzene rings is 4. The van der Waals surface area contributed by atoms with Gasteiger partial charge in [0, 0.05) is 12.7 Å². The molecule has 1 nitrogen and oxygen atoms in total. The van der Waals surface area contributed by atoms with Gasteiger partial charge < -0.3 is 4.74 Å². The van der Waals surface area contributed by atoms with E-state index in [9.17, 15) is 0 Å².